The molecule has 0 aliphatic heterocycles. The monoisotopic (exact) mass is 236 g/mol. The van der Waals surface area contributed by atoms with Gasteiger partial charge in [0.25, 0.3) is 0 Å². The maximum Gasteiger partial charge on any atom is 0.347 e. The molecule has 1 aliphatic rings. The first-order valence-electron chi connectivity index (χ1n) is 5.69. The summed E-state index contributed by atoms with van der Waals surface area (Å²) >= 11 is 0. The number of hydrogen-bond acceptors (Lipinski definition) is 3. The molecule has 1 aromatic rings. The predicted octanol–water partition coefficient (Wildman–Crippen LogP) is 1.12. The molecule has 1 aliphatic carbocycles. The minimum Gasteiger partial charge on any atom is -0.481 e. The molecule has 0 unspecified atom stereocenters. The lowest BCUT2D eigenvalue weighted by Gasteiger charge is -2.16. The van der Waals surface area contributed by atoms with Crippen LogP contribution in [0.4, 0.5) is 0 Å². The van der Waals surface area contributed by atoms with Crippen molar-refractivity contribution in [3.63, 3.8) is 0 Å². The molecule has 1 fully saturated rings. The van der Waals surface area contributed by atoms with Crippen molar-refractivity contribution in [1.29, 1.82) is 0 Å². The van der Waals surface area contributed by atoms with Gasteiger partial charge in [0.2, 0.25) is 0 Å². The minimum atomic E-state index is -0.798. The summed E-state index contributed by atoms with van der Waals surface area (Å²) in [6.07, 6.45) is 1.88. The van der Waals surface area contributed by atoms with Crippen molar-refractivity contribution in [2.24, 2.45) is 5.41 Å². The third-order valence-corrected chi connectivity index (χ3v) is 3.32. The zero-order valence-electron chi connectivity index (χ0n) is 10.1. The Labute approximate surface area is 99.1 Å². The van der Waals surface area contributed by atoms with Gasteiger partial charge in [0.1, 0.15) is 0 Å². The third-order valence-electron chi connectivity index (χ3n) is 3.32. The Balaban J connectivity index is 2.25. The van der Waals surface area contributed by atoms with Gasteiger partial charge < -0.3 is 5.11 Å². The van der Waals surface area contributed by atoms with Crippen LogP contribution in [0.25, 0.3) is 0 Å². The first-order valence-corrected chi connectivity index (χ1v) is 5.69. The van der Waals surface area contributed by atoms with Gasteiger partial charge in [-0.15, -0.1) is 0 Å². The van der Waals surface area contributed by atoms with Crippen LogP contribution in [0, 0.1) is 19.3 Å². The van der Waals surface area contributed by atoms with Gasteiger partial charge in [0, 0.05) is 17.9 Å². The third kappa shape index (κ3) is 2.54. The summed E-state index contributed by atoms with van der Waals surface area (Å²) in [7, 11) is 0. The Morgan fingerprint density at radius 3 is 2.65 bits per heavy atom. The van der Waals surface area contributed by atoms with Crippen LogP contribution < -0.4 is 5.69 Å². The molecule has 1 N–H and O–H groups in total. The molecule has 1 heterocycles. The zero-order chi connectivity index (χ0) is 12.6. The zero-order valence-corrected chi connectivity index (χ0v) is 10.1. The van der Waals surface area contributed by atoms with Crippen LogP contribution in [0.15, 0.2) is 10.9 Å². The molecule has 0 bridgehead atoms. The lowest BCUT2D eigenvalue weighted by Crippen LogP contribution is -2.30. The molecule has 5 nitrogen and oxygen atoms in total. The predicted molar refractivity (Wildman–Crippen MR) is 61.9 cm³/mol. The SMILES string of the molecule is Cc1cc(C)n(CC2(CC(=O)O)CC2)c(=O)n1. The summed E-state index contributed by atoms with van der Waals surface area (Å²) in [6, 6.07) is 1.85. The molecule has 0 aromatic carbocycles. The van der Waals surface area contributed by atoms with Crippen LogP contribution >= 0.6 is 0 Å². The summed E-state index contributed by atoms with van der Waals surface area (Å²) in [5.41, 5.74) is 1.04. The van der Waals surface area contributed by atoms with E-state index in [9.17, 15) is 9.59 Å². The number of aliphatic carboxylic acids is 1. The Bertz CT molecular complexity index is 515. The van der Waals surface area contributed by atoms with Gasteiger partial charge in [0.05, 0.1) is 6.42 Å². The van der Waals surface area contributed by atoms with E-state index in [1.807, 2.05) is 13.0 Å². The molecule has 1 aromatic heterocycles. The molecular weight excluding hydrogens is 220 g/mol. The van der Waals surface area contributed by atoms with Crippen LogP contribution in [-0.2, 0) is 11.3 Å². The van der Waals surface area contributed by atoms with E-state index < -0.39 is 5.97 Å². The molecule has 0 amide bonds. The fourth-order valence-corrected chi connectivity index (χ4v) is 2.19. The minimum absolute atomic E-state index is 0.132. The van der Waals surface area contributed by atoms with Gasteiger partial charge in [0.15, 0.2) is 0 Å². The van der Waals surface area contributed by atoms with E-state index in [0.29, 0.717) is 12.2 Å². The number of rotatable bonds is 4. The maximum absolute atomic E-state index is 11.8. The van der Waals surface area contributed by atoms with E-state index in [0.717, 1.165) is 18.5 Å². The highest BCUT2D eigenvalue weighted by Gasteiger charge is 2.45. The van der Waals surface area contributed by atoms with E-state index >= 15 is 0 Å². The number of aromatic nitrogens is 2. The molecular formula is C12H16N2O3. The van der Waals surface area contributed by atoms with Crippen LogP contribution in [0.1, 0.15) is 30.7 Å². The number of hydrogen-bond donors (Lipinski definition) is 1. The Hall–Kier alpha value is -1.65. The molecule has 2 rings (SSSR count). The topological polar surface area (TPSA) is 72.2 Å². The molecule has 0 spiro atoms. The quantitative estimate of drug-likeness (QED) is 0.850. The number of nitrogens with zero attached hydrogens (tertiary/aromatic N) is 2. The number of carbonyl (C=O) groups is 1. The van der Waals surface area contributed by atoms with Crippen molar-refractivity contribution in [2.45, 2.75) is 39.7 Å². The summed E-state index contributed by atoms with van der Waals surface area (Å²) < 4.78 is 1.59. The average molecular weight is 236 g/mol. The van der Waals surface area contributed by atoms with E-state index in [-0.39, 0.29) is 17.5 Å². The fourth-order valence-electron chi connectivity index (χ4n) is 2.19. The van der Waals surface area contributed by atoms with Crippen LogP contribution in [-0.4, -0.2) is 20.6 Å². The van der Waals surface area contributed by atoms with E-state index in [1.165, 1.54) is 0 Å². The smallest absolute Gasteiger partial charge is 0.347 e. The van der Waals surface area contributed by atoms with Gasteiger partial charge >= 0.3 is 11.7 Å². The van der Waals surface area contributed by atoms with Gasteiger partial charge in [-0.3, -0.25) is 9.36 Å². The van der Waals surface area contributed by atoms with Gasteiger partial charge in [-0.05, 0) is 38.2 Å². The molecule has 0 radical (unpaired) electrons. The Morgan fingerprint density at radius 1 is 1.53 bits per heavy atom. The fraction of sp³-hybridized carbons (Fsp3) is 0.583. The highest BCUT2D eigenvalue weighted by molar-refractivity contribution is 5.68. The summed E-state index contributed by atoms with van der Waals surface area (Å²) in [5, 5.41) is 8.85. The maximum atomic E-state index is 11.8. The summed E-state index contributed by atoms with van der Waals surface area (Å²) in [5.74, 6) is -0.798. The van der Waals surface area contributed by atoms with Crippen molar-refractivity contribution in [1.82, 2.24) is 9.55 Å². The Morgan fingerprint density at radius 2 is 2.18 bits per heavy atom. The van der Waals surface area contributed by atoms with Gasteiger partial charge in [-0.1, -0.05) is 0 Å². The number of aryl methyl sites for hydroxylation is 2. The van der Waals surface area contributed by atoms with Gasteiger partial charge in [-0.2, -0.15) is 4.98 Å². The van der Waals surface area contributed by atoms with Crippen LogP contribution in [0.3, 0.4) is 0 Å². The second-order valence-electron chi connectivity index (χ2n) is 4.98. The second kappa shape index (κ2) is 3.98. The number of carboxylic acid groups (broad SMARTS) is 1. The van der Waals surface area contributed by atoms with Crippen molar-refractivity contribution < 1.29 is 9.90 Å². The van der Waals surface area contributed by atoms with E-state index in [1.54, 1.807) is 11.5 Å². The van der Waals surface area contributed by atoms with Crippen molar-refractivity contribution in [3.8, 4) is 0 Å². The first-order chi connectivity index (χ1) is 7.92. The highest BCUT2D eigenvalue weighted by atomic mass is 16.4. The van der Waals surface area contributed by atoms with Crippen molar-refractivity contribution in [2.75, 3.05) is 0 Å². The molecule has 17 heavy (non-hydrogen) atoms. The summed E-state index contributed by atoms with van der Waals surface area (Å²) in [4.78, 5) is 26.4. The lowest BCUT2D eigenvalue weighted by molar-refractivity contribution is -0.138. The van der Waals surface area contributed by atoms with Crippen molar-refractivity contribution >= 4 is 5.97 Å². The first kappa shape index (κ1) is 11.8. The second-order valence-corrected chi connectivity index (χ2v) is 4.98. The van der Waals surface area contributed by atoms with Crippen LogP contribution in [0.5, 0.6) is 0 Å². The molecule has 0 atom stereocenters. The molecule has 0 saturated heterocycles. The van der Waals surface area contributed by atoms with Crippen molar-refractivity contribution in [3.05, 3.63) is 27.9 Å². The highest BCUT2D eigenvalue weighted by Crippen LogP contribution is 2.50. The lowest BCUT2D eigenvalue weighted by atomic mass is 10.0. The van der Waals surface area contributed by atoms with Crippen LogP contribution in [0.2, 0.25) is 0 Å². The standard InChI is InChI=1S/C12H16N2O3/c1-8-5-9(2)14(11(17)13-8)7-12(3-4-12)6-10(15)16/h5H,3-4,6-7H2,1-2H3,(H,15,16). The number of carboxylic acids is 1. The van der Waals surface area contributed by atoms with E-state index in [2.05, 4.69) is 4.98 Å². The molecule has 1 saturated carbocycles. The molecule has 5 heteroatoms. The molecule has 92 valence electrons. The van der Waals surface area contributed by atoms with E-state index in [4.69, 9.17) is 5.11 Å². The summed E-state index contributed by atoms with van der Waals surface area (Å²) in [6.45, 7) is 4.10. The largest absolute Gasteiger partial charge is 0.481 e. The average Bonchev–Trinajstić information content (AvgIpc) is 2.91. The Kier molecular flexibility index (Phi) is 2.77. The normalized spacial score (nSPS) is 16.8. The van der Waals surface area contributed by atoms with Gasteiger partial charge in [-0.25, -0.2) is 4.79 Å².